The molecule has 0 saturated carbocycles. The maximum Gasteiger partial charge on any atom is 0.297 e. The zero-order valence-corrected chi connectivity index (χ0v) is 13.8. The quantitative estimate of drug-likeness (QED) is 0.758. The summed E-state index contributed by atoms with van der Waals surface area (Å²) in [6, 6.07) is 7.38. The van der Waals surface area contributed by atoms with E-state index in [4.69, 9.17) is 9.47 Å². The summed E-state index contributed by atoms with van der Waals surface area (Å²) in [4.78, 5) is 16.7. The lowest BCUT2D eigenvalue weighted by atomic mass is 10.3. The molecule has 0 fully saturated rings. The SMILES string of the molecule is COc1ccccc1-n1ccnc(NCCCOC(C)C)c1=O. The van der Waals surface area contributed by atoms with Gasteiger partial charge < -0.3 is 14.8 Å². The Balaban J connectivity index is 2.11. The number of hydrogen-bond acceptors (Lipinski definition) is 5. The second kappa shape index (κ2) is 8.33. The van der Waals surface area contributed by atoms with Crippen LogP contribution in [0.4, 0.5) is 5.82 Å². The van der Waals surface area contributed by atoms with E-state index in [1.807, 2.05) is 38.1 Å². The van der Waals surface area contributed by atoms with Gasteiger partial charge in [-0.05, 0) is 32.4 Å². The molecule has 23 heavy (non-hydrogen) atoms. The van der Waals surface area contributed by atoms with E-state index in [0.717, 1.165) is 6.42 Å². The number of para-hydroxylation sites is 2. The first kappa shape index (κ1) is 17.0. The number of methoxy groups -OCH3 is 1. The van der Waals surface area contributed by atoms with Gasteiger partial charge in [-0.3, -0.25) is 9.36 Å². The maximum atomic E-state index is 12.6. The third-order valence-electron chi connectivity index (χ3n) is 3.25. The van der Waals surface area contributed by atoms with Crippen molar-refractivity contribution in [1.29, 1.82) is 0 Å². The number of benzene rings is 1. The highest BCUT2D eigenvalue weighted by atomic mass is 16.5. The predicted molar refractivity (Wildman–Crippen MR) is 90.6 cm³/mol. The number of rotatable bonds is 8. The lowest BCUT2D eigenvalue weighted by molar-refractivity contribution is 0.0787. The standard InChI is InChI=1S/C17H23N3O3/c1-13(2)23-12-6-9-18-16-17(21)20(11-10-19-16)14-7-4-5-8-15(14)22-3/h4-5,7-8,10-11,13H,6,9,12H2,1-3H3,(H,18,19). The third kappa shape index (κ3) is 4.56. The minimum absolute atomic E-state index is 0.207. The van der Waals surface area contributed by atoms with E-state index in [1.165, 1.54) is 4.57 Å². The number of aromatic nitrogens is 2. The normalized spacial score (nSPS) is 10.8. The fourth-order valence-electron chi connectivity index (χ4n) is 2.15. The van der Waals surface area contributed by atoms with Crippen LogP contribution in [0, 0.1) is 0 Å². The number of anilines is 1. The molecule has 0 saturated heterocycles. The first-order valence-electron chi connectivity index (χ1n) is 7.70. The van der Waals surface area contributed by atoms with Gasteiger partial charge in [-0.2, -0.15) is 0 Å². The Morgan fingerprint density at radius 2 is 2.09 bits per heavy atom. The molecule has 0 unspecified atom stereocenters. The Labute approximate surface area is 136 Å². The molecule has 2 aromatic rings. The van der Waals surface area contributed by atoms with Crippen LogP contribution in [0.2, 0.25) is 0 Å². The smallest absolute Gasteiger partial charge is 0.297 e. The summed E-state index contributed by atoms with van der Waals surface area (Å²) in [6.45, 7) is 5.28. The van der Waals surface area contributed by atoms with Crippen LogP contribution < -0.4 is 15.6 Å². The molecule has 2 rings (SSSR count). The van der Waals surface area contributed by atoms with Crippen molar-refractivity contribution in [3.8, 4) is 11.4 Å². The van der Waals surface area contributed by atoms with Gasteiger partial charge in [0.2, 0.25) is 0 Å². The Kier molecular flexibility index (Phi) is 6.17. The highest BCUT2D eigenvalue weighted by Gasteiger charge is 2.09. The minimum atomic E-state index is -0.207. The summed E-state index contributed by atoms with van der Waals surface area (Å²) in [5.74, 6) is 0.958. The van der Waals surface area contributed by atoms with Crippen LogP contribution >= 0.6 is 0 Å². The zero-order chi connectivity index (χ0) is 16.7. The fraction of sp³-hybridized carbons (Fsp3) is 0.412. The van der Waals surface area contributed by atoms with Crippen molar-refractivity contribution in [2.24, 2.45) is 0 Å². The molecule has 6 nitrogen and oxygen atoms in total. The summed E-state index contributed by atoms with van der Waals surface area (Å²) in [7, 11) is 1.58. The van der Waals surface area contributed by atoms with Gasteiger partial charge in [0.25, 0.3) is 5.56 Å². The number of nitrogens with zero attached hydrogens (tertiary/aromatic N) is 2. The molecular weight excluding hydrogens is 294 g/mol. The summed E-state index contributed by atoms with van der Waals surface area (Å²) in [5.41, 5.74) is 0.482. The van der Waals surface area contributed by atoms with E-state index < -0.39 is 0 Å². The highest BCUT2D eigenvalue weighted by Crippen LogP contribution is 2.20. The van der Waals surface area contributed by atoms with Crippen LogP contribution in [0.15, 0.2) is 41.5 Å². The largest absolute Gasteiger partial charge is 0.495 e. The van der Waals surface area contributed by atoms with Crippen LogP contribution in [0.1, 0.15) is 20.3 Å². The monoisotopic (exact) mass is 317 g/mol. The summed E-state index contributed by atoms with van der Waals surface area (Å²) in [5, 5.41) is 3.07. The molecule has 0 aliphatic carbocycles. The van der Waals surface area contributed by atoms with Crippen molar-refractivity contribution in [3.05, 3.63) is 47.0 Å². The molecule has 0 spiro atoms. The van der Waals surface area contributed by atoms with Crippen LogP contribution in [-0.4, -0.2) is 35.9 Å². The fourth-order valence-corrected chi connectivity index (χ4v) is 2.15. The van der Waals surface area contributed by atoms with Crippen molar-refractivity contribution >= 4 is 5.82 Å². The van der Waals surface area contributed by atoms with Crippen LogP contribution in [0.3, 0.4) is 0 Å². The van der Waals surface area contributed by atoms with E-state index in [-0.39, 0.29) is 11.7 Å². The summed E-state index contributed by atoms with van der Waals surface area (Å²) in [6.07, 6.45) is 4.25. The first-order chi connectivity index (χ1) is 11.1. The molecule has 124 valence electrons. The number of ether oxygens (including phenoxy) is 2. The average Bonchev–Trinajstić information content (AvgIpc) is 2.55. The molecule has 0 radical (unpaired) electrons. The second-order valence-electron chi connectivity index (χ2n) is 5.32. The van der Waals surface area contributed by atoms with Crippen LogP contribution in [-0.2, 0) is 4.74 Å². The lowest BCUT2D eigenvalue weighted by Gasteiger charge is -2.12. The summed E-state index contributed by atoms with van der Waals surface area (Å²) < 4.78 is 12.3. The predicted octanol–water partition coefficient (Wildman–Crippen LogP) is 2.47. The number of nitrogens with one attached hydrogen (secondary N) is 1. The molecule has 6 heteroatoms. The van der Waals surface area contributed by atoms with Crippen molar-refractivity contribution < 1.29 is 9.47 Å². The van der Waals surface area contributed by atoms with Crippen molar-refractivity contribution in [3.63, 3.8) is 0 Å². The van der Waals surface area contributed by atoms with E-state index in [9.17, 15) is 4.79 Å². The topological polar surface area (TPSA) is 65.4 Å². The maximum absolute atomic E-state index is 12.6. The molecule has 1 aromatic carbocycles. The molecule has 0 bridgehead atoms. The molecule has 1 aromatic heterocycles. The molecule has 1 N–H and O–H groups in total. The average molecular weight is 317 g/mol. The molecule has 0 amide bonds. The Hall–Kier alpha value is -2.34. The highest BCUT2D eigenvalue weighted by molar-refractivity contribution is 5.48. The Bertz CT molecular complexity index is 683. The van der Waals surface area contributed by atoms with Crippen molar-refractivity contribution in [2.45, 2.75) is 26.4 Å². The van der Waals surface area contributed by atoms with Crippen LogP contribution in [0.25, 0.3) is 5.69 Å². The van der Waals surface area contributed by atoms with E-state index in [0.29, 0.717) is 30.4 Å². The van der Waals surface area contributed by atoms with Gasteiger partial charge in [0.05, 0.1) is 18.9 Å². The molecule has 0 atom stereocenters. The second-order valence-corrected chi connectivity index (χ2v) is 5.32. The van der Waals surface area contributed by atoms with E-state index in [2.05, 4.69) is 10.3 Å². The lowest BCUT2D eigenvalue weighted by Crippen LogP contribution is -2.24. The van der Waals surface area contributed by atoms with Crippen LogP contribution in [0.5, 0.6) is 5.75 Å². The van der Waals surface area contributed by atoms with Gasteiger partial charge in [0.1, 0.15) is 5.75 Å². The van der Waals surface area contributed by atoms with Gasteiger partial charge in [-0.15, -0.1) is 0 Å². The molecule has 0 aliphatic rings. The van der Waals surface area contributed by atoms with Crippen molar-refractivity contribution in [2.75, 3.05) is 25.6 Å². The van der Waals surface area contributed by atoms with Gasteiger partial charge in [0.15, 0.2) is 5.82 Å². The zero-order valence-electron chi connectivity index (χ0n) is 13.8. The third-order valence-corrected chi connectivity index (χ3v) is 3.25. The first-order valence-corrected chi connectivity index (χ1v) is 7.70. The van der Waals surface area contributed by atoms with Crippen molar-refractivity contribution in [1.82, 2.24) is 9.55 Å². The summed E-state index contributed by atoms with van der Waals surface area (Å²) >= 11 is 0. The number of hydrogen-bond donors (Lipinski definition) is 1. The molecular formula is C17H23N3O3. The van der Waals surface area contributed by atoms with Gasteiger partial charge in [0, 0.05) is 25.5 Å². The molecule has 1 heterocycles. The molecule has 0 aliphatic heterocycles. The Morgan fingerprint density at radius 3 is 2.83 bits per heavy atom. The van der Waals surface area contributed by atoms with E-state index in [1.54, 1.807) is 19.5 Å². The van der Waals surface area contributed by atoms with Gasteiger partial charge >= 0.3 is 0 Å². The van der Waals surface area contributed by atoms with E-state index >= 15 is 0 Å². The minimum Gasteiger partial charge on any atom is -0.495 e. The van der Waals surface area contributed by atoms with Gasteiger partial charge in [-0.25, -0.2) is 4.98 Å². The van der Waals surface area contributed by atoms with Gasteiger partial charge in [-0.1, -0.05) is 12.1 Å². The Morgan fingerprint density at radius 1 is 1.30 bits per heavy atom.